The van der Waals surface area contributed by atoms with Gasteiger partial charge in [0, 0.05) is 19.2 Å². The third-order valence-electron chi connectivity index (χ3n) is 2.95. The van der Waals surface area contributed by atoms with Crippen molar-refractivity contribution in [3.05, 3.63) is 29.8 Å². The molecule has 0 bridgehead atoms. The Morgan fingerprint density at radius 1 is 1.29 bits per heavy atom. The lowest BCUT2D eigenvalue weighted by Crippen LogP contribution is -2.40. The third kappa shape index (κ3) is 4.37. The van der Waals surface area contributed by atoms with Gasteiger partial charge in [0.25, 0.3) is 0 Å². The highest BCUT2D eigenvalue weighted by Gasteiger charge is 2.26. The summed E-state index contributed by atoms with van der Waals surface area (Å²) in [6.45, 7) is 3.20. The molecule has 0 heterocycles. The summed E-state index contributed by atoms with van der Waals surface area (Å²) in [4.78, 5) is 22.9. The van der Waals surface area contributed by atoms with Gasteiger partial charge in [0.05, 0.1) is 11.4 Å². The molecule has 1 aromatic rings. The Hall–Kier alpha value is -1.73. The third-order valence-corrected chi connectivity index (χ3v) is 4.79. The molecule has 0 fully saturated rings. The van der Waals surface area contributed by atoms with Crippen LogP contribution in [0.1, 0.15) is 30.6 Å². The van der Waals surface area contributed by atoms with Crippen molar-refractivity contribution in [2.45, 2.75) is 25.2 Å². The Kier molecular flexibility index (Phi) is 6.04. The van der Waals surface area contributed by atoms with Crippen molar-refractivity contribution in [2.75, 3.05) is 20.1 Å². The van der Waals surface area contributed by atoms with Crippen LogP contribution in [0.4, 0.5) is 0 Å². The largest absolute Gasteiger partial charge is 0.358 e. The van der Waals surface area contributed by atoms with E-state index in [1.165, 1.54) is 32.2 Å². The van der Waals surface area contributed by atoms with Crippen molar-refractivity contribution in [1.29, 1.82) is 0 Å². The van der Waals surface area contributed by atoms with Gasteiger partial charge in [0.1, 0.15) is 0 Å². The van der Waals surface area contributed by atoms with Gasteiger partial charge in [-0.15, -0.1) is 0 Å². The van der Waals surface area contributed by atoms with Crippen LogP contribution in [-0.2, 0) is 14.8 Å². The molecular weight excluding hydrogens is 292 g/mol. The highest BCUT2D eigenvalue weighted by atomic mass is 32.2. The molecule has 0 saturated carbocycles. The smallest absolute Gasteiger partial charge is 0.243 e. The Morgan fingerprint density at radius 3 is 2.48 bits per heavy atom. The molecular formula is C14H20N2O4S. The highest BCUT2D eigenvalue weighted by Crippen LogP contribution is 2.17. The van der Waals surface area contributed by atoms with E-state index in [0.29, 0.717) is 12.0 Å². The Balaban J connectivity index is 3.19. The standard InChI is InChI=1S/C14H20N2O4S/c1-4-8-16(10-14(18)15-3)21(19,20)13-7-5-6-12(9-13)11(2)17/h5-7,9H,4,8,10H2,1-3H3,(H,15,18). The number of likely N-dealkylation sites (N-methyl/N-ethyl adjacent to an activating group) is 1. The van der Waals surface area contributed by atoms with Gasteiger partial charge in [0.15, 0.2) is 5.78 Å². The molecule has 0 atom stereocenters. The number of hydrogen-bond donors (Lipinski definition) is 1. The monoisotopic (exact) mass is 312 g/mol. The summed E-state index contributed by atoms with van der Waals surface area (Å²) in [5, 5.41) is 2.41. The summed E-state index contributed by atoms with van der Waals surface area (Å²) in [5.74, 6) is -0.588. The van der Waals surface area contributed by atoms with Gasteiger partial charge in [-0.3, -0.25) is 9.59 Å². The van der Waals surface area contributed by atoms with Crippen molar-refractivity contribution < 1.29 is 18.0 Å². The number of rotatable bonds is 7. The molecule has 21 heavy (non-hydrogen) atoms. The molecule has 1 aromatic carbocycles. The number of benzene rings is 1. The van der Waals surface area contributed by atoms with Gasteiger partial charge >= 0.3 is 0 Å². The van der Waals surface area contributed by atoms with E-state index in [4.69, 9.17) is 0 Å². The maximum atomic E-state index is 12.6. The van der Waals surface area contributed by atoms with Crippen LogP contribution in [0.25, 0.3) is 0 Å². The number of Topliss-reactive ketones (excluding diaryl/α,β-unsaturated/α-hetero) is 1. The van der Waals surface area contributed by atoms with E-state index < -0.39 is 10.0 Å². The first-order valence-electron chi connectivity index (χ1n) is 6.64. The second kappa shape index (κ2) is 7.33. The van der Waals surface area contributed by atoms with Crippen molar-refractivity contribution >= 4 is 21.7 Å². The van der Waals surface area contributed by atoms with E-state index in [1.807, 2.05) is 6.92 Å². The van der Waals surface area contributed by atoms with E-state index in [-0.39, 0.29) is 29.7 Å². The van der Waals surface area contributed by atoms with Crippen LogP contribution in [0.2, 0.25) is 0 Å². The van der Waals surface area contributed by atoms with E-state index >= 15 is 0 Å². The van der Waals surface area contributed by atoms with Crippen LogP contribution < -0.4 is 5.32 Å². The van der Waals surface area contributed by atoms with E-state index in [1.54, 1.807) is 6.07 Å². The zero-order valence-electron chi connectivity index (χ0n) is 12.4. The summed E-state index contributed by atoms with van der Waals surface area (Å²) in [6, 6.07) is 5.84. The average Bonchev–Trinajstić information content (AvgIpc) is 2.46. The van der Waals surface area contributed by atoms with Gasteiger partial charge in [-0.1, -0.05) is 19.1 Å². The summed E-state index contributed by atoms with van der Waals surface area (Å²) >= 11 is 0. The molecule has 116 valence electrons. The molecule has 0 spiro atoms. The summed E-state index contributed by atoms with van der Waals surface area (Å²) in [6.07, 6.45) is 0.586. The fraction of sp³-hybridized carbons (Fsp3) is 0.429. The first-order chi connectivity index (χ1) is 9.82. The van der Waals surface area contributed by atoms with Gasteiger partial charge in [-0.25, -0.2) is 8.42 Å². The normalized spacial score (nSPS) is 11.4. The topological polar surface area (TPSA) is 83.6 Å². The molecule has 0 radical (unpaired) electrons. The number of carbonyl (C=O) groups excluding carboxylic acids is 2. The van der Waals surface area contributed by atoms with Crippen molar-refractivity contribution in [3.8, 4) is 0 Å². The van der Waals surface area contributed by atoms with E-state index in [2.05, 4.69) is 5.32 Å². The highest BCUT2D eigenvalue weighted by molar-refractivity contribution is 7.89. The maximum absolute atomic E-state index is 12.6. The summed E-state index contributed by atoms with van der Waals surface area (Å²) in [5.41, 5.74) is 0.326. The minimum Gasteiger partial charge on any atom is -0.358 e. The van der Waals surface area contributed by atoms with Crippen LogP contribution in [0.3, 0.4) is 0 Å². The number of nitrogens with zero attached hydrogens (tertiary/aromatic N) is 1. The van der Waals surface area contributed by atoms with Crippen molar-refractivity contribution in [3.63, 3.8) is 0 Å². The maximum Gasteiger partial charge on any atom is 0.243 e. The molecule has 0 aliphatic heterocycles. The summed E-state index contributed by atoms with van der Waals surface area (Å²) in [7, 11) is -2.35. The first-order valence-corrected chi connectivity index (χ1v) is 8.08. The Morgan fingerprint density at radius 2 is 1.95 bits per heavy atom. The fourth-order valence-electron chi connectivity index (χ4n) is 1.80. The Bertz CT molecular complexity index is 626. The number of amides is 1. The van der Waals surface area contributed by atoms with Crippen LogP contribution in [0, 0.1) is 0 Å². The molecule has 1 N–H and O–H groups in total. The number of carbonyl (C=O) groups is 2. The molecule has 0 aliphatic rings. The lowest BCUT2D eigenvalue weighted by atomic mass is 10.2. The molecule has 0 unspecified atom stereocenters. The van der Waals surface area contributed by atoms with Crippen molar-refractivity contribution in [2.24, 2.45) is 0 Å². The molecule has 0 aromatic heterocycles. The molecule has 6 nitrogen and oxygen atoms in total. The second-order valence-electron chi connectivity index (χ2n) is 4.60. The molecule has 1 amide bonds. The van der Waals surface area contributed by atoms with Crippen LogP contribution in [0.15, 0.2) is 29.2 Å². The van der Waals surface area contributed by atoms with Gasteiger partial charge in [0.2, 0.25) is 15.9 Å². The van der Waals surface area contributed by atoms with Crippen LogP contribution in [-0.4, -0.2) is 44.6 Å². The molecule has 1 rings (SSSR count). The Labute approximate surface area is 125 Å². The van der Waals surface area contributed by atoms with Crippen LogP contribution >= 0.6 is 0 Å². The van der Waals surface area contributed by atoms with E-state index in [9.17, 15) is 18.0 Å². The first kappa shape index (κ1) is 17.3. The summed E-state index contributed by atoms with van der Waals surface area (Å²) < 4.78 is 26.3. The molecule has 0 saturated heterocycles. The quantitative estimate of drug-likeness (QED) is 0.762. The minimum absolute atomic E-state index is 0.0209. The lowest BCUT2D eigenvalue weighted by Gasteiger charge is -2.21. The number of hydrogen-bond acceptors (Lipinski definition) is 4. The zero-order chi connectivity index (χ0) is 16.0. The second-order valence-corrected chi connectivity index (χ2v) is 6.53. The van der Waals surface area contributed by atoms with Crippen LogP contribution in [0.5, 0.6) is 0 Å². The fourth-order valence-corrected chi connectivity index (χ4v) is 3.33. The zero-order valence-corrected chi connectivity index (χ0v) is 13.2. The predicted molar refractivity (Wildman–Crippen MR) is 79.6 cm³/mol. The molecule has 0 aliphatic carbocycles. The SMILES string of the molecule is CCCN(CC(=O)NC)S(=O)(=O)c1cccc(C(C)=O)c1. The van der Waals surface area contributed by atoms with Gasteiger partial charge in [-0.2, -0.15) is 4.31 Å². The van der Waals surface area contributed by atoms with E-state index in [0.717, 1.165) is 4.31 Å². The van der Waals surface area contributed by atoms with Gasteiger partial charge < -0.3 is 5.32 Å². The minimum atomic E-state index is -3.80. The number of sulfonamides is 1. The lowest BCUT2D eigenvalue weighted by molar-refractivity contribution is -0.120. The average molecular weight is 312 g/mol. The van der Waals surface area contributed by atoms with Gasteiger partial charge in [-0.05, 0) is 25.5 Å². The predicted octanol–water partition coefficient (Wildman–Crippen LogP) is 1.04. The molecule has 7 heteroatoms. The number of nitrogens with one attached hydrogen (secondary N) is 1. The van der Waals surface area contributed by atoms with Crippen molar-refractivity contribution in [1.82, 2.24) is 9.62 Å². The number of ketones is 1.